The van der Waals surface area contributed by atoms with Crippen molar-refractivity contribution in [1.82, 2.24) is 10.2 Å². The molecule has 0 aromatic carbocycles. The lowest BCUT2D eigenvalue weighted by Crippen LogP contribution is -2.61. The maximum atomic E-state index is 13.9. The van der Waals surface area contributed by atoms with Crippen molar-refractivity contribution in [3.63, 3.8) is 0 Å². The minimum absolute atomic E-state index is 0.00917. The number of hydrogen-bond donors (Lipinski definition) is 2. The van der Waals surface area contributed by atoms with E-state index in [0.717, 1.165) is 6.42 Å². The highest BCUT2D eigenvalue weighted by Crippen LogP contribution is 2.64. The van der Waals surface area contributed by atoms with Gasteiger partial charge in [0.1, 0.15) is 17.6 Å². The number of esters is 1. The predicted octanol–water partition coefficient (Wildman–Crippen LogP) is 2.42. The third-order valence-corrected chi connectivity index (χ3v) is 7.58. The largest absolute Gasteiger partial charge is 0.466 e. The quantitative estimate of drug-likeness (QED) is 0.532. The maximum Gasteiger partial charge on any atom is 0.312 e. The molecule has 3 aliphatic rings. The minimum Gasteiger partial charge on any atom is -0.466 e. The first-order valence-corrected chi connectivity index (χ1v) is 12.3. The van der Waals surface area contributed by atoms with Gasteiger partial charge in [-0.1, -0.05) is 27.7 Å². The van der Waals surface area contributed by atoms with Crippen LogP contribution in [0.3, 0.4) is 0 Å². The first kappa shape index (κ1) is 25.9. The van der Waals surface area contributed by atoms with Crippen molar-refractivity contribution in [2.45, 2.75) is 110 Å². The fourth-order valence-electron chi connectivity index (χ4n) is 6.88. The van der Waals surface area contributed by atoms with Crippen LogP contribution in [0.5, 0.6) is 0 Å². The fraction of sp³-hybridized carbons (Fsp3) is 0.880. The Labute approximate surface area is 197 Å². The molecule has 2 bridgehead atoms. The van der Waals surface area contributed by atoms with E-state index in [1.54, 1.807) is 13.8 Å². The molecule has 2 amide bonds. The monoisotopic (exact) mass is 466 g/mol. The van der Waals surface area contributed by atoms with Gasteiger partial charge in [-0.25, -0.2) is 0 Å². The maximum absolute atomic E-state index is 13.9. The van der Waals surface area contributed by atoms with Crippen molar-refractivity contribution < 1.29 is 29.0 Å². The zero-order valence-electron chi connectivity index (χ0n) is 21.5. The summed E-state index contributed by atoms with van der Waals surface area (Å²) in [4.78, 5) is 42.2. The number of aliphatic hydroxyl groups is 1. The van der Waals surface area contributed by atoms with Crippen molar-refractivity contribution >= 4 is 17.8 Å². The molecule has 0 radical (unpaired) electrons. The third kappa shape index (κ3) is 4.18. The van der Waals surface area contributed by atoms with E-state index in [1.807, 2.05) is 20.8 Å². The molecule has 6 atom stereocenters. The Morgan fingerprint density at radius 1 is 1.24 bits per heavy atom. The van der Waals surface area contributed by atoms with Crippen molar-refractivity contribution in [3.8, 4) is 0 Å². The van der Waals surface area contributed by atoms with Crippen molar-refractivity contribution in [1.29, 1.82) is 0 Å². The number of aliphatic hydroxyl groups excluding tert-OH is 1. The first-order chi connectivity index (χ1) is 15.2. The summed E-state index contributed by atoms with van der Waals surface area (Å²) >= 11 is 0. The van der Waals surface area contributed by atoms with E-state index in [1.165, 1.54) is 4.90 Å². The molecule has 3 heterocycles. The second-order valence-corrected chi connectivity index (χ2v) is 12.0. The highest BCUT2D eigenvalue weighted by molar-refractivity contribution is 5.98. The molecule has 2 N–H and O–H groups in total. The fourth-order valence-corrected chi connectivity index (χ4v) is 6.88. The van der Waals surface area contributed by atoms with Crippen LogP contribution in [-0.2, 0) is 23.9 Å². The van der Waals surface area contributed by atoms with E-state index < -0.39 is 46.6 Å². The van der Waals surface area contributed by atoms with Gasteiger partial charge in [0.2, 0.25) is 11.8 Å². The van der Waals surface area contributed by atoms with E-state index in [-0.39, 0.29) is 30.4 Å². The predicted molar refractivity (Wildman–Crippen MR) is 123 cm³/mol. The number of fused-ring (bicyclic) bond motifs is 1. The van der Waals surface area contributed by atoms with E-state index in [2.05, 4.69) is 26.1 Å². The van der Waals surface area contributed by atoms with Crippen LogP contribution in [0.1, 0.15) is 81.1 Å². The Morgan fingerprint density at radius 2 is 1.88 bits per heavy atom. The summed E-state index contributed by atoms with van der Waals surface area (Å²) in [7, 11) is 0. The molecule has 33 heavy (non-hydrogen) atoms. The number of ether oxygens (including phenoxy) is 2. The van der Waals surface area contributed by atoms with Gasteiger partial charge in [-0.2, -0.15) is 0 Å². The number of amides is 2. The summed E-state index contributed by atoms with van der Waals surface area (Å²) in [5, 5.41) is 13.1. The zero-order valence-corrected chi connectivity index (χ0v) is 21.5. The number of carbonyl (C=O) groups excluding carboxylic acids is 3. The van der Waals surface area contributed by atoms with Crippen LogP contribution in [0, 0.1) is 17.3 Å². The van der Waals surface area contributed by atoms with Crippen LogP contribution in [0.4, 0.5) is 0 Å². The van der Waals surface area contributed by atoms with Gasteiger partial charge in [-0.3, -0.25) is 14.4 Å². The molecule has 3 fully saturated rings. The number of hydrogen-bond acceptors (Lipinski definition) is 6. The van der Waals surface area contributed by atoms with Crippen LogP contribution >= 0.6 is 0 Å². The van der Waals surface area contributed by atoms with E-state index in [9.17, 15) is 19.5 Å². The van der Waals surface area contributed by atoms with Crippen molar-refractivity contribution in [2.75, 3.05) is 13.2 Å². The molecule has 1 spiro atoms. The van der Waals surface area contributed by atoms with Gasteiger partial charge in [-0.05, 0) is 58.8 Å². The number of carbonyl (C=O) groups is 3. The molecule has 0 aliphatic carbocycles. The standard InChI is InChI=1S/C25H42N2O6/c1-9-24-11-12-25(33-24)16(17(24)21(31)32-10-2)20(30)27(15(3)13-28)18(25)19(29)26-23(7,8)14-22(4,5)6/h15-18,28H,9-14H2,1-8H3,(H,26,29)/t15-,16+,17+,18?,24-,25?/m1/s1. The smallest absolute Gasteiger partial charge is 0.312 e. The van der Waals surface area contributed by atoms with Crippen LogP contribution in [-0.4, -0.2) is 69.8 Å². The van der Waals surface area contributed by atoms with Gasteiger partial charge in [0.15, 0.2) is 0 Å². The summed E-state index contributed by atoms with van der Waals surface area (Å²) in [6, 6.07) is -1.49. The molecule has 2 unspecified atom stereocenters. The molecule has 8 nitrogen and oxygen atoms in total. The first-order valence-electron chi connectivity index (χ1n) is 12.3. The summed E-state index contributed by atoms with van der Waals surface area (Å²) in [6.45, 7) is 15.6. The van der Waals surface area contributed by atoms with E-state index >= 15 is 0 Å². The summed E-state index contributed by atoms with van der Waals surface area (Å²) in [5.41, 5.74) is -2.43. The van der Waals surface area contributed by atoms with Gasteiger partial charge in [-0.15, -0.1) is 0 Å². The lowest BCUT2D eigenvalue weighted by Gasteiger charge is -2.39. The van der Waals surface area contributed by atoms with Crippen LogP contribution in [0.2, 0.25) is 0 Å². The SMILES string of the molecule is CCOC(=O)[C@@H]1[C@H]2C(=O)N([C@H](C)CO)C(C(=O)NC(C)(C)CC(C)(C)C)C23CC[C@@]1(CC)O3. The Balaban J connectivity index is 2.05. The van der Waals surface area contributed by atoms with Crippen molar-refractivity contribution in [2.24, 2.45) is 17.3 Å². The topological polar surface area (TPSA) is 105 Å². The molecule has 0 saturated carbocycles. The van der Waals surface area contributed by atoms with Crippen LogP contribution in [0.25, 0.3) is 0 Å². The molecule has 188 valence electrons. The van der Waals surface area contributed by atoms with Gasteiger partial charge >= 0.3 is 5.97 Å². The summed E-state index contributed by atoms with van der Waals surface area (Å²) < 4.78 is 12.0. The number of rotatable bonds is 8. The molecule has 0 aromatic rings. The Kier molecular flexibility index (Phi) is 6.70. The van der Waals surface area contributed by atoms with Crippen molar-refractivity contribution in [3.05, 3.63) is 0 Å². The molecular formula is C25H42N2O6. The van der Waals surface area contributed by atoms with Gasteiger partial charge in [0, 0.05) is 5.54 Å². The second-order valence-electron chi connectivity index (χ2n) is 12.0. The third-order valence-electron chi connectivity index (χ3n) is 7.58. The molecule has 8 heteroatoms. The Morgan fingerprint density at radius 3 is 2.39 bits per heavy atom. The molecular weight excluding hydrogens is 424 g/mol. The zero-order chi connectivity index (χ0) is 25.0. The molecule has 3 rings (SSSR count). The van der Waals surface area contributed by atoms with Gasteiger partial charge in [0.05, 0.1) is 30.8 Å². The normalized spacial score (nSPS) is 34.4. The number of nitrogens with zero attached hydrogens (tertiary/aromatic N) is 1. The average Bonchev–Trinajstić information content (AvgIpc) is 3.28. The highest BCUT2D eigenvalue weighted by Gasteiger charge is 2.79. The van der Waals surface area contributed by atoms with E-state index in [0.29, 0.717) is 19.3 Å². The van der Waals surface area contributed by atoms with Crippen LogP contribution in [0.15, 0.2) is 0 Å². The molecule has 3 aliphatic heterocycles. The minimum atomic E-state index is -1.10. The molecule has 0 aromatic heterocycles. The summed E-state index contributed by atoms with van der Waals surface area (Å²) in [5.74, 6) is -2.58. The Hall–Kier alpha value is -1.67. The second kappa shape index (κ2) is 8.52. The lowest BCUT2D eigenvalue weighted by molar-refractivity contribution is -0.161. The molecule has 3 saturated heterocycles. The Bertz CT molecular complexity index is 805. The highest BCUT2D eigenvalue weighted by atomic mass is 16.6. The van der Waals surface area contributed by atoms with Gasteiger partial charge < -0.3 is 24.8 Å². The summed E-state index contributed by atoms with van der Waals surface area (Å²) in [6.07, 6.45) is 2.40. The van der Waals surface area contributed by atoms with Gasteiger partial charge in [0.25, 0.3) is 0 Å². The number of likely N-dealkylation sites (tertiary alicyclic amines) is 1. The van der Waals surface area contributed by atoms with Crippen LogP contribution < -0.4 is 5.32 Å². The number of nitrogens with one attached hydrogen (secondary N) is 1. The van der Waals surface area contributed by atoms with E-state index in [4.69, 9.17) is 9.47 Å². The lowest BCUT2D eigenvalue weighted by atomic mass is 9.65. The average molecular weight is 467 g/mol.